The largest absolute Gasteiger partial charge is 0.491 e. The summed E-state index contributed by atoms with van der Waals surface area (Å²) in [7, 11) is 0. The molecular formula is C26H33NO4. The van der Waals surface area contributed by atoms with E-state index in [4.69, 9.17) is 9.47 Å². The second-order valence-electron chi connectivity index (χ2n) is 7.93. The molecule has 0 unspecified atom stereocenters. The molecule has 5 heteroatoms. The van der Waals surface area contributed by atoms with Crippen molar-refractivity contribution >= 4 is 17.2 Å². The molecule has 31 heavy (non-hydrogen) atoms. The van der Waals surface area contributed by atoms with Gasteiger partial charge in [0.25, 0.3) is 0 Å². The van der Waals surface area contributed by atoms with Crippen LogP contribution in [0.15, 0.2) is 48.5 Å². The molecule has 1 heterocycles. The molecule has 0 aromatic heterocycles. The van der Waals surface area contributed by atoms with Crippen LogP contribution in [0.3, 0.4) is 0 Å². The number of carboxylic acids is 1. The van der Waals surface area contributed by atoms with Gasteiger partial charge in [0.2, 0.25) is 0 Å². The minimum atomic E-state index is -0.921. The number of carbonyl (C=O) groups is 1. The van der Waals surface area contributed by atoms with E-state index < -0.39 is 5.97 Å². The van der Waals surface area contributed by atoms with Crippen LogP contribution in [0.5, 0.6) is 5.75 Å². The van der Waals surface area contributed by atoms with Crippen molar-refractivity contribution in [2.75, 3.05) is 37.8 Å². The maximum absolute atomic E-state index is 11.3. The van der Waals surface area contributed by atoms with Crippen molar-refractivity contribution in [3.8, 4) is 16.9 Å². The fourth-order valence-electron chi connectivity index (χ4n) is 3.84. The summed E-state index contributed by atoms with van der Waals surface area (Å²) in [5.74, 6) is -0.103. The smallest absolute Gasteiger partial charge is 0.328 e. The fraction of sp³-hybridized carbons (Fsp3) is 0.423. The highest BCUT2D eigenvalue weighted by Crippen LogP contribution is 2.34. The third-order valence-electron chi connectivity index (χ3n) is 5.53. The fourth-order valence-corrected chi connectivity index (χ4v) is 3.84. The van der Waals surface area contributed by atoms with Crippen LogP contribution in [0.4, 0.5) is 5.69 Å². The Morgan fingerprint density at radius 1 is 1.03 bits per heavy atom. The van der Waals surface area contributed by atoms with Crippen LogP contribution in [0.1, 0.15) is 45.1 Å². The van der Waals surface area contributed by atoms with Crippen LogP contribution in [-0.2, 0) is 9.53 Å². The third-order valence-corrected chi connectivity index (χ3v) is 5.53. The molecule has 0 spiro atoms. The Morgan fingerprint density at radius 3 is 2.42 bits per heavy atom. The zero-order valence-corrected chi connectivity index (χ0v) is 18.6. The molecule has 0 atom stereocenters. The van der Waals surface area contributed by atoms with Crippen molar-refractivity contribution in [1.29, 1.82) is 0 Å². The molecule has 0 saturated carbocycles. The van der Waals surface area contributed by atoms with E-state index in [0.29, 0.717) is 13.2 Å². The number of benzene rings is 2. The lowest BCUT2D eigenvalue weighted by atomic mass is 9.97. The summed E-state index contributed by atoms with van der Waals surface area (Å²) in [4.78, 5) is 13.6. The third kappa shape index (κ3) is 6.59. The molecule has 0 radical (unpaired) electrons. The monoisotopic (exact) mass is 423 g/mol. The van der Waals surface area contributed by atoms with Gasteiger partial charge in [0.1, 0.15) is 12.4 Å². The van der Waals surface area contributed by atoms with Gasteiger partial charge in [0, 0.05) is 37.0 Å². The lowest BCUT2D eigenvalue weighted by Gasteiger charge is -2.22. The van der Waals surface area contributed by atoms with Gasteiger partial charge in [-0.15, -0.1) is 0 Å². The Morgan fingerprint density at radius 2 is 1.74 bits per heavy atom. The number of rotatable bonds is 11. The second-order valence-corrected chi connectivity index (χ2v) is 7.93. The highest BCUT2D eigenvalue weighted by atomic mass is 16.5. The van der Waals surface area contributed by atoms with E-state index in [9.17, 15) is 9.90 Å². The molecular weight excluding hydrogens is 390 g/mol. The van der Waals surface area contributed by atoms with Gasteiger partial charge < -0.3 is 19.5 Å². The SMILES string of the molecule is CCCCOCCOc1ccc(-c2ccc(N3CCCC3)c(/C(C)=C\C(=O)O)c2)cc1. The summed E-state index contributed by atoms with van der Waals surface area (Å²) in [6, 6.07) is 14.3. The van der Waals surface area contributed by atoms with E-state index in [-0.39, 0.29) is 0 Å². The van der Waals surface area contributed by atoms with Gasteiger partial charge in [0.15, 0.2) is 0 Å². The molecule has 3 rings (SSSR count). The Balaban J connectivity index is 1.73. The zero-order valence-electron chi connectivity index (χ0n) is 18.6. The first kappa shape index (κ1) is 22.9. The Labute approximate surface area is 185 Å². The molecule has 166 valence electrons. The number of anilines is 1. The molecule has 1 fully saturated rings. The standard InChI is InChI=1S/C26H33NO4/c1-3-4-15-30-16-17-31-23-10-7-21(8-11-23)22-9-12-25(27-13-5-6-14-27)24(19-22)20(2)18-26(28)29/h7-12,18-19H,3-6,13-17H2,1-2H3,(H,28,29)/b20-18-. The summed E-state index contributed by atoms with van der Waals surface area (Å²) >= 11 is 0. The highest BCUT2D eigenvalue weighted by Gasteiger charge is 2.17. The topological polar surface area (TPSA) is 59.0 Å². The van der Waals surface area contributed by atoms with Crippen molar-refractivity contribution in [3.63, 3.8) is 0 Å². The predicted octanol–water partition coefficient (Wildman–Crippen LogP) is 5.64. The maximum atomic E-state index is 11.3. The van der Waals surface area contributed by atoms with Gasteiger partial charge in [-0.2, -0.15) is 0 Å². The molecule has 2 aromatic carbocycles. The van der Waals surface area contributed by atoms with Crippen molar-refractivity contribution < 1.29 is 19.4 Å². The first-order valence-corrected chi connectivity index (χ1v) is 11.2. The summed E-state index contributed by atoms with van der Waals surface area (Å²) < 4.78 is 11.3. The van der Waals surface area contributed by atoms with Gasteiger partial charge in [-0.1, -0.05) is 31.5 Å². The van der Waals surface area contributed by atoms with Gasteiger partial charge in [-0.25, -0.2) is 4.79 Å². The van der Waals surface area contributed by atoms with Crippen LogP contribution in [0.25, 0.3) is 16.7 Å². The number of nitrogens with zero attached hydrogens (tertiary/aromatic N) is 1. The van der Waals surface area contributed by atoms with E-state index >= 15 is 0 Å². The van der Waals surface area contributed by atoms with Crippen molar-refractivity contribution in [2.24, 2.45) is 0 Å². The van der Waals surface area contributed by atoms with Gasteiger partial charge in [-0.05, 0) is 67.2 Å². The minimum absolute atomic E-state index is 0.539. The van der Waals surface area contributed by atoms with Crippen molar-refractivity contribution in [2.45, 2.75) is 39.5 Å². The van der Waals surface area contributed by atoms with E-state index in [0.717, 1.165) is 66.2 Å². The maximum Gasteiger partial charge on any atom is 0.328 e. The normalized spacial score (nSPS) is 14.1. The molecule has 1 saturated heterocycles. The Kier molecular flexibility index (Phi) is 8.53. The molecule has 0 bridgehead atoms. The minimum Gasteiger partial charge on any atom is -0.491 e. The van der Waals surface area contributed by atoms with E-state index in [1.807, 2.05) is 31.2 Å². The highest BCUT2D eigenvalue weighted by molar-refractivity contribution is 5.92. The number of allylic oxidation sites excluding steroid dienone is 1. The summed E-state index contributed by atoms with van der Waals surface area (Å²) in [5, 5.41) is 9.24. The zero-order chi connectivity index (χ0) is 22.1. The number of unbranched alkanes of at least 4 members (excludes halogenated alkanes) is 1. The average Bonchev–Trinajstić information content (AvgIpc) is 3.30. The number of aliphatic carboxylic acids is 1. The quantitative estimate of drug-likeness (QED) is 0.374. The molecule has 2 aromatic rings. The number of ether oxygens (including phenoxy) is 2. The van der Waals surface area contributed by atoms with Crippen LogP contribution in [0, 0.1) is 0 Å². The molecule has 1 aliphatic rings. The molecule has 5 nitrogen and oxygen atoms in total. The van der Waals surface area contributed by atoms with Crippen LogP contribution in [-0.4, -0.2) is 44.0 Å². The van der Waals surface area contributed by atoms with E-state index in [1.165, 1.54) is 18.9 Å². The first-order valence-electron chi connectivity index (χ1n) is 11.2. The lowest BCUT2D eigenvalue weighted by Crippen LogP contribution is -2.19. The molecule has 0 aliphatic carbocycles. The Bertz CT molecular complexity index is 883. The summed E-state index contributed by atoms with van der Waals surface area (Å²) in [5.41, 5.74) is 4.99. The summed E-state index contributed by atoms with van der Waals surface area (Å²) in [6.45, 7) is 7.96. The number of hydrogen-bond acceptors (Lipinski definition) is 4. The molecule has 1 aliphatic heterocycles. The number of hydrogen-bond donors (Lipinski definition) is 1. The van der Waals surface area contributed by atoms with Gasteiger partial charge >= 0.3 is 5.97 Å². The van der Waals surface area contributed by atoms with E-state index in [1.54, 1.807) is 0 Å². The van der Waals surface area contributed by atoms with Gasteiger partial charge in [-0.3, -0.25) is 0 Å². The van der Waals surface area contributed by atoms with Crippen molar-refractivity contribution in [3.05, 3.63) is 54.1 Å². The predicted molar refractivity (Wildman–Crippen MR) is 126 cm³/mol. The van der Waals surface area contributed by atoms with E-state index in [2.05, 4.69) is 30.0 Å². The average molecular weight is 424 g/mol. The number of carboxylic acid groups (broad SMARTS) is 1. The van der Waals surface area contributed by atoms with Crippen LogP contribution >= 0.6 is 0 Å². The molecule has 0 amide bonds. The lowest BCUT2D eigenvalue weighted by molar-refractivity contribution is -0.131. The van der Waals surface area contributed by atoms with Crippen molar-refractivity contribution in [1.82, 2.24) is 0 Å². The van der Waals surface area contributed by atoms with Crippen LogP contribution < -0.4 is 9.64 Å². The Hall–Kier alpha value is -2.79. The van der Waals surface area contributed by atoms with Crippen LogP contribution in [0.2, 0.25) is 0 Å². The first-order chi connectivity index (χ1) is 15.1. The second kappa shape index (κ2) is 11.6. The summed E-state index contributed by atoms with van der Waals surface area (Å²) in [6.07, 6.45) is 5.85. The molecule has 1 N–H and O–H groups in total. The van der Waals surface area contributed by atoms with Gasteiger partial charge in [0.05, 0.1) is 6.61 Å².